The fourth-order valence-electron chi connectivity index (χ4n) is 1.14. The first-order valence-corrected chi connectivity index (χ1v) is 5.12. The number of carbonyl (C=O) groups is 2. The average molecular weight is 254 g/mol. The van der Waals surface area contributed by atoms with E-state index in [1.807, 2.05) is 0 Å². The van der Waals surface area contributed by atoms with Gasteiger partial charge in [0.2, 0.25) is 5.88 Å². The number of ether oxygens (including phenoxy) is 1. The number of aliphatic carboxylic acids is 1. The van der Waals surface area contributed by atoms with Crippen LogP contribution in [0.25, 0.3) is 0 Å². The Morgan fingerprint density at radius 2 is 2.28 bits per heavy atom. The Balaban J connectivity index is 2.60. The monoisotopic (exact) mass is 254 g/mol. The Morgan fingerprint density at radius 3 is 2.89 bits per heavy atom. The molecule has 0 radical (unpaired) electrons. The number of hydrogen-bond acceptors (Lipinski definition) is 5. The molecule has 0 aliphatic heterocycles. The fraction of sp³-hybridized carbons (Fsp3) is 0.400. The van der Waals surface area contributed by atoms with Gasteiger partial charge >= 0.3 is 12.0 Å². The summed E-state index contributed by atoms with van der Waals surface area (Å²) in [5.74, 6) is -0.722. The van der Waals surface area contributed by atoms with Crippen LogP contribution in [0.15, 0.2) is 12.5 Å². The summed E-state index contributed by atoms with van der Waals surface area (Å²) in [6.07, 6.45) is 2.57. The molecular weight excluding hydrogens is 240 g/mol. The lowest BCUT2D eigenvalue weighted by Crippen LogP contribution is -2.33. The Hall–Kier alpha value is -2.38. The van der Waals surface area contributed by atoms with Gasteiger partial charge in [-0.15, -0.1) is 0 Å². The summed E-state index contributed by atoms with van der Waals surface area (Å²) in [6, 6.07) is -0.454. The van der Waals surface area contributed by atoms with Crippen molar-refractivity contribution in [3.63, 3.8) is 0 Å². The molecule has 1 aromatic heterocycles. The predicted molar refractivity (Wildman–Crippen MR) is 62.5 cm³/mol. The molecule has 0 aliphatic rings. The highest BCUT2D eigenvalue weighted by molar-refractivity contribution is 5.90. The van der Waals surface area contributed by atoms with Crippen molar-refractivity contribution in [2.45, 2.75) is 6.42 Å². The van der Waals surface area contributed by atoms with E-state index in [2.05, 4.69) is 15.3 Å². The molecule has 0 saturated carbocycles. The van der Waals surface area contributed by atoms with Crippen LogP contribution in [0, 0.1) is 0 Å². The van der Waals surface area contributed by atoms with Gasteiger partial charge in [0, 0.05) is 13.6 Å². The molecule has 0 aromatic carbocycles. The van der Waals surface area contributed by atoms with Crippen molar-refractivity contribution in [3.05, 3.63) is 12.5 Å². The molecule has 18 heavy (non-hydrogen) atoms. The summed E-state index contributed by atoms with van der Waals surface area (Å²) in [4.78, 5) is 30.9. The van der Waals surface area contributed by atoms with E-state index in [4.69, 9.17) is 9.84 Å². The normalized spacial score (nSPS) is 9.67. The topological polar surface area (TPSA) is 105 Å². The van der Waals surface area contributed by atoms with Gasteiger partial charge in [0.15, 0.2) is 0 Å². The van der Waals surface area contributed by atoms with Crippen molar-refractivity contribution in [1.82, 2.24) is 14.9 Å². The maximum absolute atomic E-state index is 11.7. The number of amides is 2. The number of rotatable bonds is 5. The maximum atomic E-state index is 11.7. The summed E-state index contributed by atoms with van der Waals surface area (Å²) in [7, 11) is 2.92. The Morgan fingerprint density at radius 1 is 1.56 bits per heavy atom. The first kappa shape index (κ1) is 13.7. The fourth-order valence-corrected chi connectivity index (χ4v) is 1.14. The molecule has 1 aromatic rings. The first-order chi connectivity index (χ1) is 8.54. The number of hydrogen-bond donors (Lipinski definition) is 2. The number of nitrogens with zero attached hydrogens (tertiary/aromatic N) is 3. The molecule has 98 valence electrons. The lowest BCUT2D eigenvalue weighted by atomic mass is 10.4. The van der Waals surface area contributed by atoms with Crippen molar-refractivity contribution in [3.8, 4) is 5.88 Å². The molecule has 2 amide bonds. The zero-order valence-corrected chi connectivity index (χ0v) is 10.1. The second-order valence-corrected chi connectivity index (χ2v) is 3.44. The summed E-state index contributed by atoms with van der Waals surface area (Å²) < 4.78 is 4.95. The lowest BCUT2D eigenvalue weighted by Gasteiger charge is -2.17. The van der Waals surface area contributed by atoms with Crippen molar-refractivity contribution < 1.29 is 19.4 Å². The van der Waals surface area contributed by atoms with E-state index in [0.717, 1.165) is 0 Å². The molecule has 0 bridgehead atoms. The molecule has 2 N–H and O–H groups in total. The molecule has 8 heteroatoms. The number of nitrogens with one attached hydrogen (secondary N) is 1. The number of carboxylic acids is 1. The van der Waals surface area contributed by atoms with Gasteiger partial charge in [-0.3, -0.25) is 4.79 Å². The average Bonchev–Trinajstić information content (AvgIpc) is 2.36. The van der Waals surface area contributed by atoms with E-state index in [-0.39, 0.29) is 18.8 Å². The molecule has 1 rings (SSSR count). The van der Waals surface area contributed by atoms with Gasteiger partial charge in [0.25, 0.3) is 0 Å². The quantitative estimate of drug-likeness (QED) is 0.789. The van der Waals surface area contributed by atoms with E-state index in [9.17, 15) is 9.59 Å². The Bertz CT molecular complexity index is 438. The minimum atomic E-state index is -0.963. The summed E-state index contributed by atoms with van der Waals surface area (Å²) in [5, 5.41) is 11.0. The Kier molecular flexibility index (Phi) is 4.85. The van der Waals surface area contributed by atoms with Gasteiger partial charge in [-0.25, -0.2) is 9.78 Å². The third-order valence-electron chi connectivity index (χ3n) is 2.12. The molecular formula is C10H14N4O4. The molecule has 0 saturated heterocycles. The molecule has 8 nitrogen and oxygen atoms in total. The highest BCUT2D eigenvalue weighted by atomic mass is 16.5. The van der Waals surface area contributed by atoms with Crippen molar-refractivity contribution in [2.75, 3.05) is 26.0 Å². The van der Waals surface area contributed by atoms with Crippen LogP contribution >= 0.6 is 0 Å². The standard InChI is InChI=1S/C10H14N4O4/c1-14(4-3-8(15)16)10(17)13-7-5-11-6-12-9(7)18-2/h5-6H,3-4H2,1-2H3,(H,13,17)(H,15,16). The SMILES string of the molecule is COc1ncncc1NC(=O)N(C)CCC(=O)O. The van der Waals surface area contributed by atoms with Crippen LogP contribution < -0.4 is 10.1 Å². The van der Waals surface area contributed by atoms with Crippen LogP contribution in [0.1, 0.15) is 6.42 Å². The molecule has 0 atom stereocenters. The van der Waals surface area contributed by atoms with E-state index < -0.39 is 12.0 Å². The number of urea groups is 1. The number of carboxylic acid groups (broad SMARTS) is 1. The van der Waals surface area contributed by atoms with Crippen LogP contribution in [-0.4, -0.2) is 52.7 Å². The lowest BCUT2D eigenvalue weighted by molar-refractivity contribution is -0.137. The van der Waals surface area contributed by atoms with Crippen molar-refractivity contribution >= 4 is 17.7 Å². The molecule has 0 aliphatic carbocycles. The van der Waals surface area contributed by atoms with Gasteiger partial charge in [-0.05, 0) is 0 Å². The second kappa shape index (κ2) is 6.38. The Labute approximate surface area is 104 Å². The molecule has 0 fully saturated rings. The largest absolute Gasteiger partial charge is 0.481 e. The predicted octanol–water partition coefficient (Wildman–Crippen LogP) is 0.424. The third-order valence-corrected chi connectivity index (χ3v) is 2.12. The zero-order valence-electron chi connectivity index (χ0n) is 10.1. The third kappa shape index (κ3) is 3.89. The van der Waals surface area contributed by atoms with Crippen LogP contribution in [-0.2, 0) is 4.79 Å². The molecule has 0 unspecified atom stereocenters. The minimum absolute atomic E-state index is 0.108. The first-order valence-electron chi connectivity index (χ1n) is 5.12. The zero-order chi connectivity index (χ0) is 13.5. The van der Waals surface area contributed by atoms with Gasteiger partial charge in [-0.1, -0.05) is 0 Å². The van der Waals surface area contributed by atoms with E-state index in [1.54, 1.807) is 0 Å². The van der Waals surface area contributed by atoms with Gasteiger partial charge < -0.3 is 20.1 Å². The minimum Gasteiger partial charge on any atom is -0.481 e. The summed E-state index contributed by atoms with van der Waals surface area (Å²) in [5.41, 5.74) is 0.326. The van der Waals surface area contributed by atoms with E-state index >= 15 is 0 Å². The number of anilines is 1. The van der Waals surface area contributed by atoms with Crippen molar-refractivity contribution in [2.24, 2.45) is 0 Å². The van der Waals surface area contributed by atoms with Crippen LogP contribution in [0.4, 0.5) is 10.5 Å². The smallest absolute Gasteiger partial charge is 0.321 e. The van der Waals surface area contributed by atoms with Gasteiger partial charge in [0.1, 0.15) is 12.0 Å². The number of methoxy groups -OCH3 is 1. The van der Waals surface area contributed by atoms with Gasteiger partial charge in [-0.2, -0.15) is 4.98 Å². The highest BCUT2D eigenvalue weighted by Gasteiger charge is 2.13. The highest BCUT2D eigenvalue weighted by Crippen LogP contribution is 2.18. The number of carbonyl (C=O) groups excluding carboxylic acids is 1. The van der Waals surface area contributed by atoms with E-state index in [0.29, 0.717) is 5.69 Å². The van der Waals surface area contributed by atoms with Gasteiger partial charge in [0.05, 0.1) is 19.7 Å². The maximum Gasteiger partial charge on any atom is 0.321 e. The van der Waals surface area contributed by atoms with E-state index in [1.165, 1.54) is 31.6 Å². The summed E-state index contributed by atoms with van der Waals surface area (Å²) >= 11 is 0. The van der Waals surface area contributed by atoms with Crippen LogP contribution in [0.2, 0.25) is 0 Å². The summed E-state index contributed by atoms with van der Waals surface area (Å²) in [6.45, 7) is 0.108. The molecule has 0 spiro atoms. The van der Waals surface area contributed by atoms with Crippen molar-refractivity contribution in [1.29, 1.82) is 0 Å². The second-order valence-electron chi connectivity index (χ2n) is 3.44. The van der Waals surface area contributed by atoms with Crippen LogP contribution in [0.5, 0.6) is 5.88 Å². The van der Waals surface area contributed by atoms with Crippen LogP contribution in [0.3, 0.4) is 0 Å². The molecule has 1 heterocycles. The number of aromatic nitrogens is 2.